The molecule has 214 valence electrons. The van der Waals surface area contributed by atoms with Crippen molar-refractivity contribution in [2.24, 2.45) is 11.8 Å². The fourth-order valence-corrected chi connectivity index (χ4v) is 6.88. The van der Waals surface area contributed by atoms with Gasteiger partial charge in [-0.1, -0.05) is 23.2 Å². The average Bonchev–Trinajstić information content (AvgIpc) is 2.89. The largest absolute Gasteiger partial charge is 0.376 e. The van der Waals surface area contributed by atoms with Crippen LogP contribution in [0.15, 0.2) is 24.4 Å². The number of rotatable bonds is 8. The number of hydrogen-bond donors (Lipinski definition) is 2. The molecule has 9 nitrogen and oxygen atoms in total. The summed E-state index contributed by atoms with van der Waals surface area (Å²) in [5.74, 6) is 0.674. The highest BCUT2D eigenvalue weighted by Gasteiger charge is 2.34. The van der Waals surface area contributed by atoms with E-state index in [0.717, 1.165) is 26.0 Å². The molecule has 2 N–H and O–H groups in total. The summed E-state index contributed by atoms with van der Waals surface area (Å²) in [7, 11) is -3.43. The van der Waals surface area contributed by atoms with Gasteiger partial charge in [-0.3, -0.25) is 4.79 Å². The van der Waals surface area contributed by atoms with Crippen molar-refractivity contribution in [1.29, 1.82) is 0 Å². The van der Waals surface area contributed by atoms with Gasteiger partial charge in [0.2, 0.25) is 15.9 Å². The first-order chi connectivity index (χ1) is 18.4. The van der Waals surface area contributed by atoms with Gasteiger partial charge in [0.1, 0.15) is 11.6 Å². The topological polar surface area (TPSA) is 114 Å². The highest BCUT2D eigenvalue weighted by molar-refractivity contribution is 7.89. The highest BCUT2D eigenvalue weighted by Crippen LogP contribution is 2.35. The summed E-state index contributed by atoms with van der Waals surface area (Å²) in [5, 5.41) is 6.47. The molecule has 4 rings (SSSR count). The normalized spacial score (nSPS) is 22.0. The second-order valence-corrected chi connectivity index (χ2v) is 14.5. The van der Waals surface area contributed by atoms with Crippen molar-refractivity contribution in [3.05, 3.63) is 34.4 Å². The van der Waals surface area contributed by atoms with E-state index in [1.165, 1.54) is 10.5 Å². The molecule has 1 unspecified atom stereocenters. The lowest BCUT2D eigenvalue weighted by molar-refractivity contribution is -0.120. The van der Waals surface area contributed by atoms with Crippen LogP contribution in [0.2, 0.25) is 10.0 Å². The van der Waals surface area contributed by atoms with Gasteiger partial charge in [0.05, 0.1) is 32.5 Å². The van der Waals surface area contributed by atoms with Gasteiger partial charge in [-0.2, -0.15) is 0 Å². The van der Waals surface area contributed by atoms with Gasteiger partial charge in [0.15, 0.2) is 0 Å². The van der Waals surface area contributed by atoms with Crippen molar-refractivity contribution in [2.45, 2.75) is 64.2 Å². The maximum atomic E-state index is 13.1. The van der Waals surface area contributed by atoms with Crippen LogP contribution >= 0.6 is 23.2 Å². The number of piperidine rings is 1. The summed E-state index contributed by atoms with van der Waals surface area (Å²) < 4.78 is 32.5. The van der Waals surface area contributed by atoms with Crippen molar-refractivity contribution in [3.8, 4) is 11.3 Å². The van der Waals surface area contributed by atoms with Crippen LogP contribution in [-0.2, 0) is 19.6 Å². The Balaban J connectivity index is 1.47. The van der Waals surface area contributed by atoms with Crippen molar-refractivity contribution in [3.63, 3.8) is 0 Å². The van der Waals surface area contributed by atoms with Gasteiger partial charge in [-0.15, -0.1) is 0 Å². The molecule has 2 aliphatic rings. The Morgan fingerprint density at radius 3 is 2.69 bits per heavy atom. The summed E-state index contributed by atoms with van der Waals surface area (Å²) in [6.45, 7) is 9.59. The molecule has 4 heterocycles. The fourth-order valence-electron chi connectivity index (χ4n) is 5.11. The van der Waals surface area contributed by atoms with Crippen molar-refractivity contribution in [1.82, 2.24) is 14.3 Å². The molecular formula is C27H37Cl2N5O4S. The molecule has 1 amide bonds. The van der Waals surface area contributed by atoms with Crippen LogP contribution in [0.25, 0.3) is 11.3 Å². The van der Waals surface area contributed by atoms with Gasteiger partial charge >= 0.3 is 0 Å². The number of pyridine rings is 2. The van der Waals surface area contributed by atoms with E-state index < -0.39 is 21.2 Å². The highest BCUT2D eigenvalue weighted by atomic mass is 35.5. The van der Waals surface area contributed by atoms with Crippen molar-refractivity contribution >= 4 is 50.8 Å². The predicted octanol–water partition coefficient (Wildman–Crippen LogP) is 5.46. The van der Waals surface area contributed by atoms with E-state index in [9.17, 15) is 13.2 Å². The van der Waals surface area contributed by atoms with E-state index in [2.05, 4.69) is 29.5 Å². The number of nitrogens with one attached hydrogen (secondary N) is 2. The fraction of sp³-hybridized carbons (Fsp3) is 0.593. The van der Waals surface area contributed by atoms with Gasteiger partial charge in [0, 0.05) is 38.0 Å². The number of nitrogens with zero attached hydrogens (tertiary/aromatic N) is 3. The van der Waals surface area contributed by atoms with Crippen molar-refractivity contribution < 1.29 is 17.9 Å². The van der Waals surface area contributed by atoms with Crippen LogP contribution in [0, 0.1) is 11.8 Å². The van der Waals surface area contributed by atoms with E-state index in [1.54, 1.807) is 26.0 Å². The van der Waals surface area contributed by atoms with Crippen LogP contribution in [-0.4, -0.2) is 65.7 Å². The van der Waals surface area contributed by atoms with Crippen LogP contribution < -0.4 is 10.6 Å². The molecule has 2 atom stereocenters. The van der Waals surface area contributed by atoms with E-state index in [4.69, 9.17) is 32.9 Å². The number of carbonyl (C=O) groups is 1. The Kier molecular flexibility index (Phi) is 9.43. The molecule has 2 aromatic rings. The molecular weight excluding hydrogens is 561 g/mol. The summed E-state index contributed by atoms with van der Waals surface area (Å²) in [6, 6.07) is 5.24. The van der Waals surface area contributed by atoms with E-state index >= 15 is 0 Å². The van der Waals surface area contributed by atoms with Crippen molar-refractivity contribution in [2.75, 3.05) is 36.9 Å². The minimum Gasteiger partial charge on any atom is -0.376 e. The third kappa shape index (κ3) is 7.41. The minimum atomic E-state index is -3.43. The lowest BCUT2D eigenvalue weighted by Gasteiger charge is -2.35. The van der Waals surface area contributed by atoms with Gasteiger partial charge in [-0.05, 0) is 77.5 Å². The monoisotopic (exact) mass is 597 g/mol. The van der Waals surface area contributed by atoms with E-state index in [-0.39, 0.29) is 18.1 Å². The zero-order chi connectivity index (χ0) is 28.4. The van der Waals surface area contributed by atoms with Crippen LogP contribution in [0.3, 0.4) is 0 Å². The third-order valence-corrected chi connectivity index (χ3v) is 10.1. The van der Waals surface area contributed by atoms with Crippen LogP contribution in [0.1, 0.15) is 53.4 Å². The number of ether oxygens (including phenoxy) is 1. The second-order valence-electron chi connectivity index (χ2n) is 11.2. The molecule has 2 saturated heterocycles. The molecule has 2 aromatic heterocycles. The van der Waals surface area contributed by atoms with E-state index in [0.29, 0.717) is 58.2 Å². The number of sulfonamides is 1. The lowest BCUT2D eigenvalue weighted by atomic mass is 9.88. The number of hydrogen-bond acceptors (Lipinski definition) is 7. The molecule has 2 aliphatic heterocycles. The van der Waals surface area contributed by atoms with Gasteiger partial charge in [-0.25, -0.2) is 22.7 Å². The molecule has 12 heteroatoms. The summed E-state index contributed by atoms with van der Waals surface area (Å²) >= 11 is 13.0. The first kappa shape index (κ1) is 30.0. The molecule has 2 fully saturated rings. The molecule has 0 saturated carbocycles. The molecule has 39 heavy (non-hydrogen) atoms. The quantitative estimate of drug-likeness (QED) is 0.415. The summed E-state index contributed by atoms with van der Waals surface area (Å²) in [4.78, 5) is 22.1. The predicted molar refractivity (Wildman–Crippen MR) is 156 cm³/mol. The number of amides is 1. The standard InChI is InChI=1S/C27H37Cl2N5O4S/c1-17(2)39(36,37)34-10-5-6-19(16-34)26(35)33-24-12-20(22(29)15-31-24)25-21(28)7-8-23(32-25)30-14-18-9-11-38-27(3,4)13-18/h7-8,12,15,17-19H,5-6,9-11,13-14,16H2,1-4H3,(H,30,32)(H,31,33,35)/t18-,19?/m1/s1. The maximum Gasteiger partial charge on any atom is 0.229 e. The number of carbonyl (C=O) groups excluding carboxylic acids is 1. The summed E-state index contributed by atoms with van der Waals surface area (Å²) in [5.41, 5.74) is 0.881. The van der Waals surface area contributed by atoms with Gasteiger partial charge in [0.25, 0.3) is 0 Å². The zero-order valence-corrected chi connectivity index (χ0v) is 25.2. The average molecular weight is 599 g/mol. The first-order valence-corrected chi connectivity index (χ1v) is 15.6. The number of anilines is 2. The smallest absolute Gasteiger partial charge is 0.229 e. The molecule has 0 bridgehead atoms. The van der Waals surface area contributed by atoms with Gasteiger partial charge < -0.3 is 15.4 Å². The Hall–Kier alpha value is -1.98. The Morgan fingerprint density at radius 1 is 1.21 bits per heavy atom. The molecule has 0 radical (unpaired) electrons. The first-order valence-electron chi connectivity index (χ1n) is 13.4. The maximum absolute atomic E-state index is 13.1. The minimum absolute atomic E-state index is 0.132. The Morgan fingerprint density at radius 2 is 1.97 bits per heavy atom. The third-order valence-electron chi connectivity index (χ3n) is 7.29. The number of aromatic nitrogens is 2. The SMILES string of the molecule is CC(C)S(=O)(=O)N1CCCC(C(=O)Nc2cc(-c3nc(NC[C@@H]4CCOC(C)(C)C4)ccc3Cl)c(Cl)cn2)C1. The van der Waals surface area contributed by atoms with E-state index in [1.807, 2.05) is 6.07 Å². The Labute approximate surface area is 241 Å². The zero-order valence-electron chi connectivity index (χ0n) is 22.8. The lowest BCUT2D eigenvalue weighted by Crippen LogP contribution is -2.46. The van der Waals surface area contributed by atoms with Crippen LogP contribution in [0.4, 0.5) is 11.6 Å². The second kappa shape index (κ2) is 12.3. The molecule has 0 aromatic carbocycles. The number of halogens is 2. The molecule has 0 aliphatic carbocycles. The van der Waals surface area contributed by atoms with Crippen LogP contribution in [0.5, 0.6) is 0 Å². The Bertz CT molecular complexity index is 1310. The summed E-state index contributed by atoms with van der Waals surface area (Å²) in [6.07, 6.45) is 4.61. The molecule has 0 spiro atoms.